The predicted molar refractivity (Wildman–Crippen MR) is 38.1 cm³/mol. The Labute approximate surface area is 58.8 Å². The Bertz CT molecular complexity index is 54.2. The van der Waals surface area contributed by atoms with Gasteiger partial charge in [-0.3, -0.25) is 0 Å². The van der Waals surface area contributed by atoms with Crippen LogP contribution >= 0.6 is 0 Å². The molecule has 0 heterocycles. The summed E-state index contributed by atoms with van der Waals surface area (Å²) < 4.78 is 15.0. The van der Waals surface area contributed by atoms with Gasteiger partial charge < -0.3 is 13.9 Å². The summed E-state index contributed by atoms with van der Waals surface area (Å²) in [5.74, 6) is 0. The molecule has 0 saturated carbocycles. The second kappa shape index (κ2) is 6.22. The standard InChI is InChI=1S/C5H14O3Si/c1-3-6-5(8-9)7-4-2/h5H,3-4H2,1-2,9H3. The molecule has 0 saturated heterocycles. The van der Waals surface area contributed by atoms with E-state index in [0.29, 0.717) is 23.7 Å². The highest BCUT2D eigenvalue weighted by Crippen LogP contribution is 1.93. The van der Waals surface area contributed by atoms with Crippen molar-refractivity contribution in [2.24, 2.45) is 0 Å². The Balaban J connectivity index is 3.18. The average molecular weight is 150 g/mol. The third kappa shape index (κ3) is 4.59. The summed E-state index contributed by atoms with van der Waals surface area (Å²) in [6, 6.07) is 0. The van der Waals surface area contributed by atoms with Gasteiger partial charge in [0.25, 0.3) is 6.48 Å². The van der Waals surface area contributed by atoms with Gasteiger partial charge in [-0.15, -0.1) is 0 Å². The Morgan fingerprint density at radius 3 is 1.89 bits per heavy atom. The van der Waals surface area contributed by atoms with Crippen molar-refractivity contribution < 1.29 is 13.9 Å². The first-order chi connectivity index (χ1) is 4.35. The smallest absolute Gasteiger partial charge is 0.261 e. The molecule has 0 rings (SSSR count). The first kappa shape index (κ1) is 9.10. The summed E-state index contributed by atoms with van der Waals surface area (Å²) >= 11 is 0. The van der Waals surface area contributed by atoms with Crippen LogP contribution in [0, 0.1) is 0 Å². The van der Waals surface area contributed by atoms with Crippen LogP contribution in [0.4, 0.5) is 0 Å². The van der Waals surface area contributed by atoms with Gasteiger partial charge >= 0.3 is 0 Å². The molecule has 0 unspecified atom stereocenters. The van der Waals surface area contributed by atoms with Gasteiger partial charge in [-0.05, 0) is 13.8 Å². The third-order valence-corrected chi connectivity index (χ3v) is 1.18. The van der Waals surface area contributed by atoms with Gasteiger partial charge in [0.1, 0.15) is 0 Å². The van der Waals surface area contributed by atoms with Crippen LogP contribution in [0.2, 0.25) is 0 Å². The van der Waals surface area contributed by atoms with Crippen LogP contribution in [0.25, 0.3) is 0 Å². The molecule has 4 heteroatoms. The van der Waals surface area contributed by atoms with Crippen LogP contribution in [0.3, 0.4) is 0 Å². The second-order valence-electron chi connectivity index (χ2n) is 1.44. The van der Waals surface area contributed by atoms with Gasteiger partial charge in [-0.1, -0.05) is 0 Å². The van der Waals surface area contributed by atoms with Crippen LogP contribution in [0.1, 0.15) is 13.8 Å². The van der Waals surface area contributed by atoms with Crippen LogP contribution < -0.4 is 0 Å². The highest BCUT2D eigenvalue weighted by Gasteiger charge is 2.01. The van der Waals surface area contributed by atoms with E-state index in [-0.39, 0.29) is 0 Å². The van der Waals surface area contributed by atoms with Crippen molar-refractivity contribution in [3.8, 4) is 0 Å². The van der Waals surface area contributed by atoms with Gasteiger partial charge in [0.15, 0.2) is 10.5 Å². The van der Waals surface area contributed by atoms with Crippen molar-refractivity contribution in [2.45, 2.75) is 20.3 Å². The predicted octanol–water partition coefficient (Wildman–Crippen LogP) is -0.360. The summed E-state index contributed by atoms with van der Waals surface area (Å²) in [7, 11) is 0.651. The summed E-state index contributed by atoms with van der Waals surface area (Å²) in [4.78, 5) is 0. The van der Waals surface area contributed by atoms with Crippen molar-refractivity contribution in [3.05, 3.63) is 0 Å². The van der Waals surface area contributed by atoms with Crippen molar-refractivity contribution in [1.82, 2.24) is 0 Å². The molecule has 56 valence electrons. The van der Waals surface area contributed by atoms with Gasteiger partial charge in [0.2, 0.25) is 0 Å². The Morgan fingerprint density at radius 2 is 1.67 bits per heavy atom. The molecule has 3 nitrogen and oxygen atoms in total. The Hall–Kier alpha value is 0.0969. The van der Waals surface area contributed by atoms with Gasteiger partial charge in [0, 0.05) is 13.2 Å². The van der Waals surface area contributed by atoms with Gasteiger partial charge in [-0.25, -0.2) is 0 Å². The van der Waals surface area contributed by atoms with Gasteiger partial charge in [0.05, 0.1) is 0 Å². The topological polar surface area (TPSA) is 27.7 Å². The summed E-state index contributed by atoms with van der Waals surface area (Å²) in [6.07, 6.45) is 0. The zero-order valence-corrected chi connectivity index (χ0v) is 8.22. The van der Waals surface area contributed by atoms with E-state index < -0.39 is 6.48 Å². The molecule has 0 aliphatic carbocycles. The lowest BCUT2D eigenvalue weighted by atomic mass is 10.8. The van der Waals surface area contributed by atoms with Gasteiger partial charge in [-0.2, -0.15) is 0 Å². The zero-order valence-electron chi connectivity index (χ0n) is 6.22. The molecule has 0 spiro atoms. The lowest BCUT2D eigenvalue weighted by Gasteiger charge is -2.14. The molecule has 0 fully saturated rings. The Morgan fingerprint density at radius 1 is 1.22 bits per heavy atom. The molecule has 0 aromatic carbocycles. The van der Waals surface area contributed by atoms with Crippen molar-refractivity contribution in [3.63, 3.8) is 0 Å². The maximum atomic E-state index is 5.02. The molecular formula is C5H14O3Si. The first-order valence-corrected chi connectivity index (χ1v) is 3.92. The molecule has 0 bridgehead atoms. The molecule has 0 atom stereocenters. The summed E-state index contributed by atoms with van der Waals surface area (Å²) in [5.41, 5.74) is 0. The lowest BCUT2D eigenvalue weighted by Crippen LogP contribution is -2.19. The fourth-order valence-corrected chi connectivity index (χ4v) is 0.729. The number of rotatable bonds is 5. The highest BCUT2D eigenvalue weighted by atomic mass is 28.2. The summed E-state index contributed by atoms with van der Waals surface area (Å²) in [6.45, 7) is 4.66. The number of ether oxygens (including phenoxy) is 2. The van der Waals surface area contributed by atoms with E-state index in [2.05, 4.69) is 0 Å². The maximum absolute atomic E-state index is 5.02. The van der Waals surface area contributed by atoms with Crippen LogP contribution in [0.15, 0.2) is 0 Å². The Kier molecular flexibility index (Phi) is 6.29. The van der Waals surface area contributed by atoms with E-state index in [1.807, 2.05) is 13.8 Å². The van der Waals surface area contributed by atoms with E-state index in [9.17, 15) is 0 Å². The van der Waals surface area contributed by atoms with Crippen molar-refractivity contribution in [1.29, 1.82) is 0 Å². The molecule has 0 amide bonds. The molecule has 0 aromatic rings. The minimum absolute atomic E-state index is 0.424. The van der Waals surface area contributed by atoms with Crippen LogP contribution in [0.5, 0.6) is 0 Å². The van der Waals surface area contributed by atoms with E-state index in [1.54, 1.807) is 0 Å². The molecular weight excluding hydrogens is 136 g/mol. The van der Waals surface area contributed by atoms with E-state index in [1.165, 1.54) is 0 Å². The van der Waals surface area contributed by atoms with Crippen LogP contribution in [-0.4, -0.2) is 30.2 Å². The average Bonchev–Trinajstić information content (AvgIpc) is 1.88. The van der Waals surface area contributed by atoms with Crippen molar-refractivity contribution in [2.75, 3.05) is 13.2 Å². The van der Waals surface area contributed by atoms with E-state index in [4.69, 9.17) is 13.9 Å². The van der Waals surface area contributed by atoms with Crippen LogP contribution in [-0.2, 0) is 13.9 Å². The molecule has 0 aliphatic rings. The van der Waals surface area contributed by atoms with E-state index >= 15 is 0 Å². The second-order valence-corrected chi connectivity index (χ2v) is 1.91. The highest BCUT2D eigenvalue weighted by molar-refractivity contribution is 5.97. The number of hydrogen-bond acceptors (Lipinski definition) is 3. The SMILES string of the molecule is CCOC(O[SiH3])OCC. The largest absolute Gasteiger partial charge is 0.383 e. The quantitative estimate of drug-likeness (QED) is 0.396. The molecule has 0 aliphatic heterocycles. The fraction of sp³-hybridized carbons (Fsp3) is 1.00. The monoisotopic (exact) mass is 150 g/mol. The van der Waals surface area contributed by atoms with E-state index in [0.717, 1.165) is 0 Å². The third-order valence-electron chi connectivity index (χ3n) is 0.798. The fourth-order valence-electron chi connectivity index (χ4n) is 0.456. The minimum Gasteiger partial charge on any atom is -0.383 e. The molecule has 9 heavy (non-hydrogen) atoms. The summed E-state index contributed by atoms with van der Waals surface area (Å²) in [5, 5.41) is 0. The molecule has 0 aromatic heterocycles. The number of hydrogen-bond donors (Lipinski definition) is 0. The van der Waals surface area contributed by atoms with Crippen molar-refractivity contribution >= 4 is 10.5 Å². The lowest BCUT2D eigenvalue weighted by molar-refractivity contribution is -0.241. The molecule has 0 radical (unpaired) electrons. The first-order valence-electron chi connectivity index (χ1n) is 3.11. The maximum Gasteiger partial charge on any atom is 0.261 e. The normalized spacial score (nSPS) is 11.0. The zero-order chi connectivity index (χ0) is 7.11. The minimum atomic E-state index is -0.424. The molecule has 0 N–H and O–H groups in total.